The summed E-state index contributed by atoms with van der Waals surface area (Å²) in [5, 5.41) is 14.4. The minimum atomic E-state index is -0.777. The summed E-state index contributed by atoms with van der Waals surface area (Å²) in [4.78, 5) is 34.9. The number of nitrogens with one attached hydrogen (secondary N) is 2. The topological polar surface area (TPSA) is 98.7 Å². The van der Waals surface area contributed by atoms with Crippen molar-refractivity contribution in [2.45, 2.75) is 19.8 Å². The lowest BCUT2D eigenvalue weighted by atomic mass is 9.97. The molecule has 0 spiro atoms. The molecule has 1 aliphatic heterocycles. The summed E-state index contributed by atoms with van der Waals surface area (Å²) in [5.41, 5.74) is 0. The Kier molecular flexibility index (Phi) is 6.27. The molecule has 19 heavy (non-hydrogen) atoms. The Morgan fingerprint density at radius 3 is 2.37 bits per heavy atom. The largest absolute Gasteiger partial charge is 0.481 e. The molecule has 108 valence electrons. The number of carboxylic acids is 1. The van der Waals surface area contributed by atoms with E-state index in [1.54, 1.807) is 4.90 Å². The second kappa shape index (κ2) is 7.73. The Labute approximate surface area is 112 Å². The fourth-order valence-electron chi connectivity index (χ4n) is 2.01. The third kappa shape index (κ3) is 5.69. The summed E-state index contributed by atoms with van der Waals surface area (Å²) >= 11 is 0. The molecule has 1 fully saturated rings. The highest BCUT2D eigenvalue weighted by atomic mass is 16.4. The van der Waals surface area contributed by atoms with Crippen LogP contribution in [-0.2, 0) is 14.4 Å². The van der Waals surface area contributed by atoms with Crippen molar-refractivity contribution in [1.29, 1.82) is 0 Å². The average molecular weight is 271 g/mol. The number of nitrogens with zero attached hydrogens (tertiary/aromatic N) is 1. The van der Waals surface area contributed by atoms with E-state index < -0.39 is 5.97 Å². The van der Waals surface area contributed by atoms with Gasteiger partial charge in [0.15, 0.2) is 0 Å². The third-order valence-electron chi connectivity index (χ3n) is 3.15. The van der Waals surface area contributed by atoms with Crippen LogP contribution in [0.25, 0.3) is 0 Å². The molecule has 3 N–H and O–H groups in total. The molecule has 0 saturated carbocycles. The molecular weight excluding hydrogens is 250 g/mol. The molecule has 0 atom stereocenters. The number of rotatable bonds is 6. The summed E-state index contributed by atoms with van der Waals surface area (Å²) < 4.78 is 0. The zero-order valence-electron chi connectivity index (χ0n) is 11.1. The normalized spacial score (nSPS) is 16.2. The fraction of sp³-hybridized carbons (Fsp3) is 0.750. The molecule has 1 aliphatic rings. The van der Waals surface area contributed by atoms with Crippen LogP contribution in [0.15, 0.2) is 0 Å². The zero-order valence-corrected chi connectivity index (χ0v) is 11.1. The molecule has 0 bridgehead atoms. The minimum absolute atomic E-state index is 0.0216. The first kappa shape index (κ1) is 15.4. The zero-order chi connectivity index (χ0) is 14.3. The van der Waals surface area contributed by atoms with Crippen LogP contribution in [0, 0.1) is 5.92 Å². The Morgan fingerprint density at radius 1 is 1.21 bits per heavy atom. The molecule has 0 aromatic rings. The predicted octanol–water partition coefficient (Wildman–Crippen LogP) is -0.965. The van der Waals surface area contributed by atoms with E-state index in [2.05, 4.69) is 10.6 Å². The van der Waals surface area contributed by atoms with Gasteiger partial charge in [0.1, 0.15) is 0 Å². The van der Waals surface area contributed by atoms with Crippen LogP contribution in [-0.4, -0.2) is 60.5 Å². The number of piperidine rings is 1. The van der Waals surface area contributed by atoms with Crippen LogP contribution in [0.1, 0.15) is 19.8 Å². The maximum absolute atomic E-state index is 11.8. The molecule has 7 heteroatoms. The Hall–Kier alpha value is -1.63. The lowest BCUT2D eigenvalue weighted by Crippen LogP contribution is -2.45. The monoisotopic (exact) mass is 271 g/mol. The Balaban J connectivity index is 2.14. The summed E-state index contributed by atoms with van der Waals surface area (Å²) in [6.07, 6.45) is 1.04. The van der Waals surface area contributed by atoms with E-state index in [9.17, 15) is 14.4 Å². The smallest absolute Gasteiger partial charge is 0.306 e. The van der Waals surface area contributed by atoms with E-state index in [1.165, 1.54) is 6.92 Å². The number of carboxylic acid groups (broad SMARTS) is 1. The molecular formula is C12H21N3O4. The highest BCUT2D eigenvalue weighted by Gasteiger charge is 2.26. The van der Waals surface area contributed by atoms with E-state index in [-0.39, 0.29) is 24.3 Å². The number of amides is 2. The van der Waals surface area contributed by atoms with Gasteiger partial charge in [-0.15, -0.1) is 0 Å². The van der Waals surface area contributed by atoms with Crippen molar-refractivity contribution in [3.8, 4) is 0 Å². The molecule has 2 amide bonds. The van der Waals surface area contributed by atoms with Crippen LogP contribution in [0.3, 0.4) is 0 Å². The van der Waals surface area contributed by atoms with Crippen molar-refractivity contribution in [2.75, 3.05) is 32.7 Å². The first-order valence-corrected chi connectivity index (χ1v) is 6.46. The Bertz CT molecular complexity index is 338. The third-order valence-corrected chi connectivity index (χ3v) is 3.15. The van der Waals surface area contributed by atoms with Gasteiger partial charge in [0.2, 0.25) is 11.8 Å². The van der Waals surface area contributed by atoms with Crippen LogP contribution in [0.2, 0.25) is 0 Å². The minimum Gasteiger partial charge on any atom is -0.481 e. The van der Waals surface area contributed by atoms with E-state index in [1.807, 2.05) is 0 Å². The van der Waals surface area contributed by atoms with E-state index in [0.29, 0.717) is 39.0 Å². The number of aliphatic carboxylic acids is 1. The quantitative estimate of drug-likeness (QED) is 0.540. The maximum Gasteiger partial charge on any atom is 0.306 e. The van der Waals surface area contributed by atoms with Crippen molar-refractivity contribution < 1.29 is 19.5 Å². The van der Waals surface area contributed by atoms with Gasteiger partial charge in [-0.1, -0.05) is 0 Å². The number of hydrogen-bond donors (Lipinski definition) is 3. The van der Waals surface area contributed by atoms with Crippen molar-refractivity contribution in [1.82, 2.24) is 15.5 Å². The van der Waals surface area contributed by atoms with Crippen molar-refractivity contribution in [3.63, 3.8) is 0 Å². The van der Waals surface area contributed by atoms with Gasteiger partial charge in [-0.3, -0.25) is 14.4 Å². The second-order valence-electron chi connectivity index (χ2n) is 4.65. The van der Waals surface area contributed by atoms with Gasteiger partial charge in [0, 0.05) is 33.1 Å². The van der Waals surface area contributed by atoms with E-state index >= 15 is 0 Å². The first-order valence-electron chi connectivity index (χ1n) is 6.46. The SMILES string of the molecule is CC(=O)NCCNCC(=O)N1CCC(C(=O)O)CC1. The lowest BCUT2D eigenvalue weighted by molar-refractivity contribution is -0.145. The van der Waals surface area contributed by atoms with Gasteiger partial charge >= 0.3 is 5.97 Å². The van der Waals surface area contributed by atoms with Crippen molar-refractivity contribution >= 4 is 17.8 Å². The predicted molar refractivity (Wildman–Crippen MR) is 68.5 cm³/mol. The van der Waals surface area contributed by atoms with Gasteiger partial charge in [-0.25, -0.2) is 0 Å². The van der Waals surface area contributed by atoms with Crippen LogP contribution < -0.4 is 10.6 Å². The van der Waals surface area contributed by atoms with Gasteiger partial charge in [-0.2, -0.15) is 0 Å². The highest BCUT2D eigenvalue weighted by molar-refractivity contribution is 5.79. The first-order chi connectivity index (χ1) is 9.00. The standard InChI is InChI=1S/C12H21N3O4/c1-9(16)14-5-4-13-8-11(17)15-6-2-10(3-7-15)12(18)19/h10,13H,2-8H2,1H3,(H,14,16)(H,18,19). The van der Waals surface area contributed by atoms with Crippen molar-refractivity contribution in [3.05, 3.63) is 0 Å². The van der Waals surface area contributed by atoms with Gasteiger partial charge in [0.05, 0.1) is 12.5 Å². The summed E-state index contributed by atoms with van der Waals surface area (Å²) in [6, 6.07) is 0. The summed E-state index contributed by atoms with van der Waals surface area (Å²) in [7, 11) is 0. The summed E-state index contributed by atoms with van der Waals surface area (Å²) in [6.45, 7) is 3.70. The number of likely N-dealkylation sites (tertiary alicyclic amines) is 1. The van der Waals surface area contributed by atoms with E-state index in [4.69, 9.17) is 5.11 Å². The van der Waals surface area contributed by atoms with Crippen molar-refractivity contribution in [2.24, 2.45) is 5.92 Å². The number of hydrogen-bond acceptors (Lipinski definition) is 4. The van der Waals surface area contributed by atoms with Gasteiger partial charge < -0.3 is 20.6 Å². The van der Waals surface area contributed by atoms with E-state index in [0.717, 1.165) is 0 Å². The highest BCUT2D eigenvalue weighted by Crippen LogP contribution is 2.16. The molecule has 1 saturated heterocycles. The van der Waals surface area contributed by atoms with Crippen LogP contribution in [0.4, 0.5) is 0 Å². The molecule has 0 unspecified atom stereocenters. The summed E-state index contributed by atoms with van der Waals surface area (Å²) in [5.74, 6) is -1.21. The molecule has 0 radical (unpaired) electrons. The lowest BCUT2D eigenvalue weighted by Gasteiger charge is -2.30. The van der Waals surface area contributed by atoms with Gasteiger partial charge in [-0.05, 0) is 12.8 Å². The maximum atomic E-state index is 11.8. The number of carbonyl (C=O) groups excluding carboxylic acids is 2. The molecule has 7 nitrogen and oxygen atoms in total. The van der Waals surface area contributed by atoms with Gasteiger partial charge in [0.25, 0.3) is 0 Å². The molecule has 0 aromatic carbocycles. The number of carbonyl (C=O) groups is 3. The average Bonchev–Trinajstić information content (AvgIpc) is 2.37. The van der Waals surface area contributed by atoms with Crippen LogP contribution >= 0.6 is 0 Å². The Morgan fingerprint density at radius 2 is 1.84 bits per heavy atom. The van der Waals surface area contributed by atoms with Crippen LogP contribution in [0.5, 0.6) is 0 Å². The molecule has 1 rings (SSSR count). The molecule has 0 aliphatic carbocycles. The second-order valence-corrected chi connectivity index (χ2v) is 4.65. The fourth-order valence-corrected chi connectivity index (χ4v) is 2.01. The molecule has 0 aromatic heterocycles. The molecule has 1 heterocycles.